The Bertz CT molecular complexity index is 767. The Labute approximate surface area is 146 Å². The Morgan fingerprint density at radius 2 is 1.92 bits per heavy atom. The summed E-state index contributed by atoms with van der Waals surface area (Å²) in [7, 11) is 3.79. The summed E-state index contributed by atoms with van der Waals surface area (Å²) < 4.78 is 5.58. The van der Waals surface area contributed by atoms with Crippen LogP contribution in [-0.2, 0) is 4.79 Å². The molecule has 0 aromatic heterocycles. The molecule has 1 amide bonds. The molecule has 1 atom stereocenters. The van der Waals surface area contributed by atoms with E-state index >= 15 is 0 Å². The van der Waals surface area contributed by atoms with Crippen LogP contribution in [0, 0.1) is 11.3 Å². The highest BCUT2D eigenvalue weighted by atomic mass is 35.5. The number of anilines is 2. The Morgan fingerprint density at radius 3 is 2.46 bits per heavy atom. The fourth-order valence-electron chi connectivity index (χ4n) is 2.06. The lowest BCUT2D eigenvalue weighted by Crippen LogP contribution is -2.30. The van der Waals surface area contributed by atoms with Gasteiger partial charge >= 0.3 is 0 Å². The molecule has 2 aromatic carbocycles. The summed E-state index contributed by atoms with van der Waals surface area (Å²) in [6.07, 6.45) is -0.690. The summed E-state index contributed by atoms with van der Waals surface area (Å²) in [5, 5.41) is 12.1. The molecule has 0 aliphatic heterocycles. The van der Waals surface area contributed by atoms with Crippen LogP contribution in [-0.4, -0.2) is 26.1 Å². The Morgan fingerprint density at radius 1 is 1.25 bits per heavy atom. The summed E-state index contributed by atoms with van der Waals surface area (Å²) in [5.74, 6) is 0.241. The highest BCUT2D eigenvalue weighted by Crippen LogP contribution is 2.27. The largest absolute Gasteiger partial charge is 0.481 e. The van der Waals surface area contributed by atoms with Crippen LogP contribution in [0.5, 0.6) is 5.75 Å². The van der Waals surface area contributed by atoms with Crippen molar-refractivity contribution in [3.63, 3.8) is 0 Å². The maximum atomic E-state index is 12.2. The van der Waals surface area contributed by atoms with E-state index < -0.39 is 6.10 Å². The number of benzene rings is 2. The number of rotatable bonds is 5. The second kappa shape index (κ2) is 7.71. The minimum Gasteiger partial charge on any atom is -0.481 e. The highest BCUT2D eigenvalue weighted by molar-refractivity contribution is 6.33. The van der Waals surface area contributed by atoms with Gasteiger partial charge in [-0.05, 0) is 49.4 Å². The molecular formula is C18H18ClN3O2. The molecule has 0 aliphatic rings. The van der Waals surface area contributed by atoms with Gasteiger partial charge < -0.3 is 15.0 Å². The number of carbonyl (C=O) groups is 1. The molecule has 0 radical (unpaired) electrons. The number of nitrogens with one attached hydrogen (secondary N) is 1. The monoisotopic (exact) mass is 343 g/mol. The van der Waals surface area contributed by atoms with E-state index in [1.807, 2.05) is 31.1 Å². The van der Waals surface area contributed by atoms with E-state index in [1.165, 1.54) is 0 Å². The van der Waals surface area contributed by atoms with Crippen LogP contribution in [0.25, 0.3) is 0 Å². The van der Waals surface area contributed by atoms with E-state index in [9.17, 15) is 4.79 Å². The van der Waals surface area contributed by atoms with E-state index in [0.717, 1.165) is 5.69 Å². The van der Waals surface area contributed by atoms with Gasteiger partial charge in [-0.3, -0.25) is 4.79 Å². The molecule has 24 heavy (non-hydrogen) atoms. The lowest BCUT2D eigenvalue weighted by molar-refractivity contribution is -0.122. The van der Waals surface area contributed by atoms with Gasteiger partial charge in [-0.2, -0.15) is 5.26 Å². The minimum atomic E-state index is -0.690. The molecule has 0 fully saturated rings. The number of ether oxygens (including phenoxy) is 1. The Hall–Kier alpha value is -2.71. The van der Waals surface area contributed by atoms with Gasteiger partial charge in [0, 0.05) is 19.8 Å². The first-order chi connectivity index (χ1) is 11.4. The lowest BCUT2D eigenvalue weighted by atomic mass is 10.2. The number of carbonyl (C=O) groups excluding carboxylic acids is 1. The summed E-state index contributed by atoms with van der Waals surface area (Å²) in [5.41, 5.74) is 2.01. The van der Waals surface area contributed by atoms with E-state index in [2.05, 4.69) is 5.32 Å². The summed E-state index contributed by atoms with van der Waals surface area (Å²) in [6.45, 7) is 1.66. The van der Waals surface area contributed by atoms with Gasteiger partial charge in [0.2, 0.25) is 0 Å². The third-order valence-corrected chi connectivity index (χ3v) is 3.67. The zero-order valence-corrected chi connectivity index (χ0v) is 14.5. The van der Waals surface area contributed by atoms with Crippen LogP contribution < -0.4 is 15.0 Å². The van der Waals surface area contributed by atoms with Crippen molar-refractivity contribution in [3.8, 4) is 11.8 Å². The molecule has 2 rings (SSSR count). The molecular weight excluding hydrogens is 326 g/mol. The number of hydrogen-bond donors (Lipinski definition) is 1. The molecule has 0 saturated heterocycles. The minimum absolute atomic E-state index is 0.284. The van der Waals surface area contributed by atoms with Crippen molar-refractivity contribution in [2.75, 3.05) is 24.3 Å². The van der Waals surface area contributed by atoms with Gasteiger partial charge in [0.15, 0.2) is 6.10 Å². The van der Waals surface area contributed by atoms with Gasteiger partial charge in [-0.1, -0.05) is 11.6 Å². The average molecular weight is 344 g/mol. The number of nitriles is 1. The van der Waals surface area contributed by atoms with E-state index in [0.29, 0.717) is 22.0 Å². The maximum absolute atomic E-state index is 12.2. The molecule has 0 saturated carbocycles. The maximum Gasteiger partial charge on any atom is 0.265 e. The zero-order valence-electron chi connectivity index (χ0n) is 13.7. The van der Waals surface area contributed by atoms with E-state index in [4.69, 9.17) is 21.6 Å². The first-order valence-electron chi connectivity index (χ1n) is 7.35. The molecule has 6 heteroatoms. The number of amides is 1. The van der Waals surface area contributed by atoms with E-state index in [-0.39, 0.29) is 5.91 Å². The molecule has 1 N–H and O–H groups in total. The summed E-state index contributed by atoms with van der Waals surface area (Å²) in [4.78, 5) is 14.1. The van der Waals surface area contributed by atoms with Crippen LogP contribution >= 0.6 is 11.6 Å². The second-order valence-electron chi connectivity index (χ2n) is 5.45. The topological polar surface area (TPSA) is 65.4 Å². The van der Waals surface area contributed by atoms with Crippen molar-refractivity contribution in [2.24, 2.45) is 0 Å². The van der Waals surface area contributed by atoms with Crippen molar-refractivity contribution in [1.29, 1.82) is 5.26 Å². The zero-order chi connectivity index (χ0) is 17.7. The third-order valence-electron chi connectivity index (χ3n) is 3.36. The fraction of sp³-hybridized carbons (Fsp3) is 0.222. The normalized spacial score (nSPS) is 11.3. The standard InChI is InChI=1S/C18H18ClN3O2/c1-12(24-15-7-4-13(11-20)5-8-15)18(23)21-14-6-9-17(22(2)3)16(19)10-14/h4-10,12H,1-3H3,(H,21,23). The first kappa shape index (κ1) is 17.6. The molecule has 0 spiro atoms. The summed E-state index contributed by atoms with van der Waals surface area (Å²) >= 11 is 6.20. The Balaban J connectivity index is 2.00. The predicted molar refractivity (Wildman–Crippen MR) is 95.7 cm³/mol. The number of hydrogen-bond acceptors (Lipinski definition) is 4. The van der Waals surface area contributed by atoms with Crippen LogP contribution in [0.1, 0.15) is 12.5 Å². The van der Waals surface area contributed by atoms with E-state index in [1.54, 1.807) is 43.3 Å². The van der Waals surface area contributed by atoms with Crippen LogP contribution in [0.15, 0.2) is 42.5 Å². The van der Waals surface area contributed by atoms with Gasteiger partial charge in [0.1, 0.15) is 5.75 Å². The molecule has 5 nitrogen and oxygen atoms in total. The van der Waals surface area contributed by atoms with Crippen molar-refractivity contribution in [3.05, 3.63) is 53.1 Å². The van der Waals surface area contributed by atoms with Crippen molar-refractivity contribution < 1.29 is 9.53 Å². The molecule has 0 bridgehead atoms. The highest BCUT2D eigenvalue weighted by Gasteiger charge is 2.15. The van der Waals surface area contributed by atoms with Crippen molar-refractivity contribution >= 4 is 28.9 Å². The third kappa shape index (κ3) is 4.40. The van der Waals surface area contributed by atoms with Gasteiger partial charge in [-0.15, -0.1) is 0 Å². The lowest BCUT2D eigenvalue weighted by Gasteiger charge is -2.17. The average Bonchev–Trinajstić information content (AvgIpc) is 2.55. The van der Waals surface area contributed by atoms with Crippen LogP contribution in [0.2, 0.25) is 5.02 Å². The smallest absolute Gasteiger partial charge is 0.265 e. The predicted octanol–water partition coefficient (Wildman–Crippen LogP) is 3.68. The van der Waals surface area contributed by atoms with Crippen LogP contribution in [0.3, 0.4) is 0 Å². The van der Waals surface area contributed by atoms with Gasteiger partial charge in [-0.25, -0.2) is 0 Å². The Kier molecular flexibility index (Phi) is 5.67. The molecule has 1 unspecified atom stereocenters. The SMILES string of the molecule is CC(Oc1ccc(C#N)cc1)C(=O)Nc1ccc(N(C)C)c(Cl)c1. The summed E-state index contributed by atoms with van der Waals surface area (Å²) in [6, 6.07) is 13.9. The molecule has 2 aromatic rings. The molecule has 124 valence electrons. The van der Waals surface area contributed by atoms with Gasteiger partial charge in [0.05, 0.1) is 22.3 Å². The number of nitrogens with zero attached hydrogens (tertiary/aromatic N) is 2. The molecule has 0 aliphatic carbocycles. The second-order valence-corrected chi connectivity index (χ2v) is 5.85. The van der Waals surface area contributed by atoms with Crippen molar-refractivity contribution in [2.45, 2.75) is 13.0 Å². The van der Waals surface area contributed by atoms with Crippen molar-refractivity contribution in [1.82, 2.24) is 0 Å². The van der Waals surface area contributed by atoms with Crippen LogP contribution in [0.4, 0.5) is 11.4 Å². The fourth-order valence-corrected chi connectivity index (χ4v) is 2.41. The molecule has 0 heterocycles. The quantitative estimate of drug-likeness (QED) is 0.899. The number of halogens is 1. The van der Waals surface area contributed by atoms with Gasteiger partial charge in [0.25, 0.3) is 5.91 Å². The first-order valence-corrected chi connectivity index (χ1v) is 7.73.